The molecule has 10 heteroatoms. The molecule has 2 aromatic rings. The van der Waals surface area contributed by atoms with Crippen molar-refractivity contribution in [1.29, 1.82) is 0 Å². The van der Waals surface area contributed by atoms with Gasteiger partial charge in [0.1, 0.15) is 23.9 Å². The SMILES string of the molecule is CC(C)(C)OC(=O)N[C@H](C[C@H](Cc1ccc(OCCOCc2ccccc2)c(OC(C)(C)C)c1)C(=O)O)C(=O)O. The normalized spacial score (nSPS) is 13.2. The summed E-state index contributed by atoms with van der Waals surface area (Å²) in [6.45, 7) is 11.7. The van der Waals surface area contributed by atoms with Crippen LogP contribution in [-0.4, -0.2) is 58.7 Å². The fraction of sp³-hybridized carbons (Fsp3) is 0.500. The van der Waals surface area contributed by atoms with Gasteiger partial charge in [0.2, 0.25) is 0 Å². The van der Waals surface area contributed by atoms with Gasteiger partial charge in [0.05, 0.1) is 19.1 Å². The molecule has 0 radical (unpaired) electrons. The molecule has 0 saturated carbocycles. The Labute approximate surface area is 235 Å². The van der Waals surface area contributed by atoms with Gasteiger partial charge in [0.25, 0.3) is 0 Å². The highest BCUT2D eigenvalue weighted by molar-refractivity contribution is 5.81. The molecule has 2 rings (SSSR count). The molecule has 0 aliphatic heterocycles. The quantitative estimate of drug-likeness (QED) is 0.271. The Morgan fingerprint density at radius 3 is 2.08 bits per heavy atom. The average Bonchev–Trinajstić information content (AvgIpc) is 2.82. The molecule has 3 N–H and O–H groups in total. The number of hydrogen-bond donors (Lipinski definition) is 3. The van der Waals surface area contributed by atoms with E-state index in [1.165, 1.54) is 0 Å². The van der Waals surface area contributed by atoms with Gasteiger partial charge in [-0.25, -0.2) is 9.59 Å². The lowest BCUT2D eigenvalue weighted by atomic mass is 9.92. The van der Waals surface area contributed by atoms with Gasteiger partial charge in [-0.1, -0.05) is 36.4 Å². The number of carboxylic acid groups (broad SMARTS) is 2. The monoisotopic (exact) mass is 559 g/mol. The molecule has 0 aliphatic rings. The van der Waals surface area contributed by atoms with E-state index in [4.69, 9.17) is 18.9 Å². The minimum absolute atomic E-state index is 0.0100. The molecule has 220 valence electrons. The number of nitrogens with one attached hydrogen (secondary N) is 1. The molecule has 40 heavy (non-hydrogen) atoms. The van der Waals surface area contributed by atoms with Gasteiger partial charge in [-0.2, -0.15) is 0 Å². The molecule has 2 atom stereocenters. The third-order valence-corrected chi connectivity index (χ3v) is 5.36. The van der Waals surface area contributed by atoms with E-state index >= 15 is 0 Å². The van der Waals surface area contributed by atoms with Gasteiger partial charge in [-0.15, -0.1) is 0 Å². The van der Waals surface area contributed by atoms with Crippen LogP contribution in [0.2, 0.25) is 0 Å². The van der Waals surface area contributed by atoms with E-state index in [-0.39, 0.29) is 19.4 Å². The number of rotatable bonds is 14. The van der Waals surface area contributed by atoms with Gasteiger partial charge in [-0.05, 0) is 77.6 Å². The van der Waals surface area contributed by atoms with Gasteiger partial charge in [0, 0.05) is 0 Å². The Morgan fingerprint density at radius 1 is 0.825 bits per heavy atom. The summed E-state index contributed by atoms with van der Waals surface area (Å²) in [4.78, 5) is 36.0. The van der Waals surface area contributed by atoms with Gasteiger partial charge in [-0.3, -0.25) is 4.79 Å². The van der Waals surface area contributed by atoms with Crippen LogP contribution in [0.5, 0.6) is 11.5 Å². The zero-order valence-corrected chi connectivity index (χ0v) is 24.1. The number of carboxylic acids is 2. The van der Waals surface area contributed by atoms with E-state index in [9.17, 15) is 24.6 Å². The van der Waals surface area contributed by atoms with E-state index in [0.29, 0.717) is 30.3 Å². The van der Waals surface area contributed by atoms with Crippen LogP contribution in [0.25, 0.3) is 0 Å². The van der Waals surface area contributed by atoms with Crippen LogP contribution >= 0.6 is 0 Å². The Kier molecular flexibility index (Phi) is 11.8. The van der Waals surface area contributed by atoms with Crippen LogP contribution in [0.3, 0.4) is 0 Å². The number of benzene rings is 2. The Balaban J connectivity index is 2.10. The summed E-state index contributed by atoms with van der Waals surface area (Å²) in [6.07, 6.45) is -1.26. The highest BCUT2D eigenvalue weighted by Gasteiger charge is 2.30. The van der Waals surface area contributed by atoms with Crippen molar-refractivity contribution in [3.8, 4) is 11.5 Å². The lowest BCUT2D eigenvalue weighted by Gasteiger charge is -2.25. The van der Waals surface area contributed by atoms with Crippen molar-refractivity contribution >= 4 is 18.0 Å². The number of aliphatic carboxylic acids is 2. The van der Waals surface area contributed by atoms with Crippen molar-refractivity contribution in [2.45, 2.75) is 78.2 Å². The molecule has 0 heterocycles. The number of alkyl carbamates (subject to hydrolysis) is 1. The summed E-state index contributed by atoms with van der Waals surface area (Å²) in [5.41, 5.74) is 0.280. The van der Waals surface area contributed by atoms with Crippen molar-refractivity contribution in [3.05, 3.63) is 59.7 Å². The molecule has 0 saturated heterocycles. The Morgan fingerprint density at radius 2 is 1.50 bits per heavy atom. The Bertz CT molecular complexity index is 1120. The number of carbonyl (C=O) groups is 3. The predicted molar refractivity (Wildman–Crippen MR) is 149 cm³/mol. The maximum Gasteiger partial charge on any atom is 0.408 e. The number of carbonyl (C=O) groups excluding carboxylic acids is 1. The number of ether oxygens (including phenoxy) is 4. The summed E-state index contributed by atoms with van der Waals surface area (Å²) >= 11 is 0. The minimum atomic E-state index is -1.44. The van der Waals surface area contributed by atoms with Crippen molar-refractivity contribution in [1.82, 2.24) is 5.32 Å². The zero-order chi connectivity index (χ0) is 29.9. The van der Waals surface area contributed by atoms with E-state index in [1.807, 2.05) is 51.1 Å². The minimum Gasteiger partial charge on any atom is -0.487 e. The number of amides is 1. The fourth-order valence-corrected chi connectivity index (χ4v) is 3.69. The molecule has 0 aromatic heterocycles. The molecule has 0 spiro atoms. The topological polar surface area (TPSA) is 141 Å². The van der Waals surface area contributed by atoms with Crippen LogP contribution < -0.4 is 14.8 Å². The van der Waals surface area contributed by atoms with Crippen LogP contribution in [0.4, 0.5) is 4.79 Å². The second-order valence-corrected chi connectivity index (χ2v) is 11.4. The third kappa shape index (κ3) is 12.4. The molecule has 2 aromatic carbocycles. The first-order chi connectivity index (χ1) is 18.6. The molecule has 0 aliphatic carbocycles. The van der Waals surface area contributed by atoms with Crippen LogP contribution in [0.15, 0.2) is 48.5 Å². The maximum atomic E-state index is 12.1. The summed E-state index contributed by atoms with van der Waals surface area (Å²) in [5.74, 6) is -2.74. The summed E-state index contributed by atoms with van der Waals surface area (Å²) < 4.78 is 22.8. The van der Waals surface area contributed by atoms with Crippen molar-refractivity contribution in [3.63, 3.8) is 0 Å². The van der Waals surface area contributed by atoms with Crippen LogP contribution in [0, 0.1) is 5.92 Å². The highest BCUT2D eigenvalue weighted by atomic mass is 16.6. The fourth-order valence-electron chi connectivity index (χ4n) is 3.69. The van der Waals surface area contributed by atoms with E-state index in [1.54, 1.807) is 39.0 Å². The van der Waals surface area contributed by atoms with Gasteiger partial charge >= 0.3 is 18.0 Å². The third-order valence-electron chi connectivity index (χ3n) is 5.36. The molecule has 0 fully saturated rings. The number of hydrogen-bond acceptors (Lipinski definition) is 7. The average molecular weight is 560 g/mol. The Hall–Kier alpha value is -3.79. The first-order valence-electron chi connectivity index (χ1n) is 13.1. The molecule has 0 unspecified atom stereocenters. The first-order valence-corrected chi connectivity index (χ1v) is 13.1. The molecule has 0 bridgehead atoms. The lowest BCUT2D eigenvalue weighted by Crippen LogP contribution is -2.45. The second kappa shape index (κ2) is 14.6. The van der Waals surface area contributed by atoms with Crippen molar-refractivity contribution < 1.29 is 43.5 Å². The molecular formula is C30H41NO9. The van der Waals surface area contributed by atoms with Crippen molar-refractivity contribution in [2.24, 2.45) is 5.92 Å². The van der Waals surface area contributed by atoms with Gasteiger partial charge in [0.15, 0.2) is 11.5 Å². The lowest BCUT2D eigenvalue weighted by molar-refractivity contribution is -0.144. The van der Waals surface area contributed by atoms with E-state index in [0.717, 1.165) is 5.56 Å². The molecular weight excluding hydrogens is 518 g/mol. The highest BCUT2D eigenvalue weighted by Crippen LogP contribution is 2.32. The summed E-state index contributed by atoms with van der Waals surface area (Å²) in [7, 11) is 0. The molecule has 1 amide bonds. The predicted octanol–water partition coefficient (Wildman–Crippen LogP) is 5.07. The first kappa shape index (κ1) is 32.4. The van der Waals surface area contributed by atoms with Crippen LogP contribution in [0.1, 0.15) is 59.1 Å². The van der Waals surface area contributed by atoms with E-state index in [2.05, 4.69) is 5.32 Å². The summed E-state index contributed by atoms with van der Waals surface area (Å²) in [6, 6.07) is 13.4. The largest absolute Gasteiger partial charge is 0.487 e. The van der Waals surface area contributed by atoms with Gasteiger partial charge < -0.3 is 34.5 Å². The standard InChI is InChI=1S/C30H41NO9/c1-29(2,3)39-25-17-21(12-13-24(25)38-15-14-37-19-20-10-8-7-9-11-20)16-22(26(32)33)18-23(27(34)35)31-28(36)40-30(4,5)6/h7-13,17,22-23H,14-16,18-19H2,1-6H3,(H,31,36)(H,32,33)(H,34,35)/t22-,23+/m0/s1. The second-order valence-electron chi connectivity index (χ2n) is 11.4. The van der Waals surface area contributed by atoms with E-state index < -0.39 is 41.2 Å². The van der Waals surface area contributed by atoms with Crippen molar-refractivity contribution in [2.75, 3.05) is 13.2 Å². The summed E-state index contributed by atoms with van der Waals surface area (Å²) in [5, 5.41) is 21.7. The smallest absolute Gasteiger partial charge is 0.408 e. The molecule has 10 nitrogen and oxygen atoms in total. The zero-order valence-electron chi connectivity index (χ0n) is 24.1. The maximum absolute atomic E-state index is 12.1. The van der Waals surface area contributed by atoms with Crippen LogP contribution in [-0.2, 0) is 32.1 Å².